The van der Waals surface area contributed by atoms with E-state index in [0.717, 1.165) is 6.07 Å². The lowest BCUT2D eigenvalue weighted by atomic mass is 10.0. The summed E-state index contributed by atoms with van der Waals surface area (Å²) >= 11 is 0. The lowest BCUT2D eigenvalue weighted by Crippen LogP contribution is -2.31. The summed E-state index contributed by atoms with van der Waals surface area (Å²) in [5.74, 6) is -2.00. The van der Waals surface area contributed by atoms with E-state index < -0.39 is 23.7 Å². The van der Waals surface area contributed by atoms with E-state index in [0.29, 0.717) is 0 Å². The molecule has 5 heteroatoms. The Morgan fingerprint density at radius 2 is 2.12 bits per heavy atom. The molecule has 0 aromatic heterocycles. The van der Waals surface area contributed by atoms with Crippen molar-refractivity contribution >= 4 is 5.91 Å². The highest BCUT2D eigenvalue weighted by molar-refractivity contribution is 5.80. The van der Waals surface area contributed by atoms with Crippen molar-refractivity contribution in [1.82, 2.24) is 4.90 Å². The van der Waals surface area contributed by atoms with Crippen LogP contribution < -0.4 is 5.73 Å². The van der Waals surface area contributed by atoms with Crippen LogP contribution in [-0.4, -0.2) is 23.9 Å². The molecule has 1 fully saturated rings. The molecule has 1 amide bonds. The molecule has 1 aliphatic heterocycles. The van der Waals surface area contributed by atoms with Gasteiger partial charge in [0, 0.05) is 25.1 Å². The molecular formula is C11H12F2N2O. The first-order valence-electron chi connectivity index (χ1n) is 4.97. The van der Waals surface area contributed by atoms with Gasteiger partial charge < -0.3 is 10.6 Å². The van der Waals surface area contributed by atoms with Gasteiger partial charge in [0.15, 0.2) is 11.6 Å². The second-order valence-corrected chi connectivity index (χ2v) is 3.96. The summed E-state index contributed by atoms with van der Waals surface area (Å²) in [5.41, 5.74) is 5.90. The van der Waals surface area contributed by atoms with Gasteiger partial charge in [-0.1, -0.05) is 12.1 Å². The van der Waals surface area contributed by atoms with Crippen LogP contribution in [0.1, 0.15) is 18.0 Å². The molecule has 2 unspecified atom stereocenters. The summed E-state index contributed by atoms with van der Waals surface area (Å²) in [6, 6.07) is 2.84. The van der Waals surface area contributed by atoms with Crippen LogP contribution in [0.2, 0.25) is 0 Å². The van der Waals surface area contributed by atoms with E-state index in [-0.39, 0.29) is 17.9 Å². The van der Waals surface area contributed by atoms with Crippen LogP contribution in [0.3, 0.4) is 0 Å². The SMILES string of the molecule is CN1C(=O)CC(N)C1c1cccc(F)c1F. The highest BCUT2D eigenvalue weighted by Crippen LogP contribution is 2.32. The second kappa shape index (κ2) is 3.83. The molecular weight excluding hydrogens is 214 g/mol. The zero-order valence-corrected chi connectivity index (χ0v) is 8.78. The van der Waals surface area contributed by atoms with Crippen LogP contribution in [-0.2, 0) is 4.79 Å². The molecule has 1 heterocycles. The van der Waals surface area contributed by atoms with E-state index in [4.69, 9.17) is 5.73 Å². The van der Waals surface area contributed by atoms with Gasteiger partial charge in [-0.05, 0) is 6.07 Å². The van der Waals surface area contributed by atoms with E-state index in [9.17, 15) is 13.6 Å². The Balaban J connectivity index is 2.44. The maximum atomic E-state index is 13.6. The first-order chi connectivity index (χ1) is 7.52. The van der Waals surface area contributed by atoms with Gasteiger partial charge in [0.2, 0.25) is 5.91 Å². The van der Waals surface area contributed by atoms with Gasteiger partial charge in [-0.15, -0.1) is 0 Å². The number of hydrogen-bond acceptors (Lipinski definition) is 2. The summed E-state index contributed by atoms with van der Waals surface area (Å²) in [6.45, 7) is 0. The molecule has 0 radical (unpaired) electrons. The van der Waals surface area contributed by atoms with Crippen LogP contribution >= 0.6 is 0 Å². The fourth-order valence-electron chi connectivity index (χ4n) is 2.09. The summed E-state index contributed by atoms with van der Waals surface area (Å²) < 4.78 is 26.6. The predicted molar refractivity (Wildman–Crippen MR) is 54.5 cm³/mol. The normalized spacial score (nSPS) is 25.2. The number of nitrogens with zero attached hydrogens (tertiary/aromatic N) is 1. The number of nitrogens with two attached hydrogens (primary N) is 1. The Kier molecular flexibility index (Phi) is 2.63. The van der Waals surface area contributed by atoms with Gasteiger partial charge in [-0.2, -0.15) is 0 Å². The Morgan fingerprint density at radius 3 is 2.69 bits per heavy atom. The summed E-state index contributed by atoms with van der Waals surface area (Å²) in [5, 5.41) is 0. The number of likely N-dealkylation sites (tertiary alicyclic amines) is 1. The van der Waals surface area contributed by atoms with Crippen molar-refractivity contribution < 1.29 is 13.6 Å². The van der Waals surface area contributed by atoms with Gasteiger partial charge >= 0.3 is 0 Å². The molecule has 1 aliphatic rings. The molecule has 86 valence electrons. The van der Waals surface area contributed by atoms with Crippen LogP contribution in [0.25, 0.3) is 0 Å². The highest BCUT2D eigenvalue weighted by atomic mass is 19.2. The van der Waals surface area contributed by atoms with Gasteiger partial charge in [-0.3, -0.25) is 4.79 Å². The molecule has 1 aromatic carbocycles. The molecule has 0 spiro atoms. The molecule has 1 aromatic rings. The summed E-state index contributed by atoms with van der Waals surface area (Å²) in [4.78, 5) is 12.8. The molecule has 16 heavy (non-hydrogen) atoms. The summed E-state index contributed by atoms with van der Waals surface area (Å²) in [7, 11) is 1.55. The Morgan fingerprint density at radius 1 is 1.44 bits per heavy atom. The quantitative estimate of drug-likeness (QED) is 0.782. The van der Waals surface area contributed by atoms with Crippen molar-refractivity contribution in [2.24, 2.45) is 5.73 Å². The Bertz CT molecular complexity index is 436. The molecule has 3 nitrogen and oxygen atoms in total. The highest BCUT2D eigenvalue weighted by Gasteiger charge is 2.37. The number of likely N-dealkylation sites (N-methyl/N-ethyl adjacent to an activating group) is 1. The number of amides is 1. The number of carbonyl (C=O) groups excluding carboxylic acids is 1. The van der Waals surface area contributed by atoms with Gasteiger partial charge in [0.25, 0.3) is 0 Å². The van der Waals surface area contributed by atoms with Crippen molar-refractivity contribution in [3.05, 3.63) is 35.4 Å². The largest absolute Gasteiger partial charge is 0.337 e. The van der Waals surface area contributed by atoms with Crippen molar-refractivity contribution in [2.75, 3.05) is 7.05 Å². The molecule has 0 saturated carbocycles. The van der Waals surface area contributed by atoms with E-state index in [1.54, 1.807) is 7.05 Å². The molecule has 2 N–H and O–H groups in total. The van der Waals surface area contributed by atoms with Crippen molar-refractivity contribution in [3.63, 3.8) is 0 Å². The third kappa shape index (κ3) is 1.57. The van der Waals surface area contributed by atoms with Gasteiger partial charge in [0.1, 0.15) is 0 Å². The maximum Gasteiger partial charge on any atom is 0.224 e. The van der Waals surface area contributed by atoms with E-state index >= 15 is 0 Å². The molecule has 0 aliphatic carbocycles. The number of benzene rings is 1. The second-order valence-electron chi connectivity index (χ2n) is 3.96. The zero-order valence-electron chi connectivity index (χ0n) is 8.78. The van der Waals surface area contributed by atoms with Crippen molar-refractivity contribution in [1.29, 1.82) is 0 Å². The van der Waals surface area contributed by atoms with Crippen LogP contribution in [0, 0.1) is 11.6 Å². The first-order valence-corrected chi connectivity index (χ1v) is 4.97. The van der Waals surface area contributed by atoms with E-state index in [1.807, 2.05) is 0 Å². The minimum atomic E-state index is -0.926. The number of rotatable bonds is 1. The average Bonchev–Trinajstić information content (AvgIpc) is 2.47. The zero-order chi connectivity index (χ0) is 11.9. The fourth-order valence-corrected chi connectivity index (χ4v) is 2.09. The number of carbonyl (C=O) groups is 1. The fraction of sp³-hybridized carbons (Fsp3) is 0.364. The van der Waals surface area contributed by atoms with Crippen molar-refractivity contribution in [3.8, 4) is 0 Å². The van der Waals surface area contributed by atoms with E-state index in [2.05, 4.69) is 0 Å². The minimum Gasteiger partial charge on any atom is -0.337 e. The lowest BCUT2D eigenvalue weighted by Gasteiger charge is -2.23. The van der Waals surface area contributed by atoms with Gasteiger partial charge in [0.05, 0.1) is 6.04 Å². The maximum absolute atomic E-state index is 13.6. The Labute approximate surface area is 91.8 Å². The molecule has 2 atom stereocenters. The van der Waals surface area contributed by atoms with E-state index in [1.165, 1.54) is 17.0 Å². The third-order valence-electron chi connectivity index (χ3n) is 2.93. The van der Waals surface area contributed by atoms with Crippen molar-refractivity contribution in [2.45, 2.75) is 18.5 Å². The van der Waals surface area contributed by atoms with Crippen LogP contribution in [0.4, 0.5) is 8.78 Å². The van der Waals surface area contributed by atoms with Gasteiger partial charge in [-0.25, -0.2) is 8.78 Å². The molecule has 0 bridgehead atoms. The summed E-state index contributed by atoms with van der Waals surface area (Å²) in [6.07, 6.45) is 0.164. The number of halogens is 2. The Hall–Kier alpha value is -1.49. The third-order valence-corrected chi connectivity index (χ3v) is 2.93. The molecule has 1 saturated heterocycles. The van der Waals surface area contributed by atoms with Crippen LogP contribution in [0.5, 0.6) is 0 Å². The van der Waals surface area contributed by atoms with Crippen LogP contribution in [0.15, 0.2) is 18.2 Å². The standard InChI is InChI=1S/C11H12F2N2O/c1-15-9(16)5-8(14)11(15)6-3-2-4-7(12)10(6)13/h2-4,8,11H,5,14H2,1H3. The average molecular weight is 226 g/mol. The monoisotopic (exact) mass is 226 g/mol. The number of hydrogen-bond donors (Lipinski definition) is 1. The first kappa shape index (κ1) is 11.0. The predicted octanol–water partition coefficient (Wildman–Crippen LogP) is 1.20. The molecule has 2 rings (SSSR count). The minimum absolute atomic E-state index is 0.140. The lowest BCUT2D eigenvalue weighted by molar-refractivity contribution is -0.127. The smallest absolute Gasteiger partial charge is 0.224 e. The topological polar surface area (TPSA) is 46.3 Å².